The number of allylic oxidation sites excluding steroid dienone is 3. The van der Waals surface area contributed by atoms with E-state index in [4.69, 9.17) is 4.42 Å². The van der Waals surface area contributed by atoms with Crippen LogP contribution in [0.25, 0.3) is 55.0 Å². The van der Waals surface area contributed by atoms with Crippen molar-refractivity contribution < 1.29 is 4.42 Å². The molecule has 2 nitrogen and oxygen atoms in total. The van der Waals surface area contributed by atoms with Crippen molar-refractivity contribution in [3.63, 3.8) is 0 Å². The largest absolute Gasteiger partial charge is 0.456 e. The topological polar surface area (TPSA) is 18.1 Å². The van der Waals surface area contributed by atoms with Crippen molar-refractivity contribution in [3.8, 4) is 5.69 Å². The summed E-state index contributed by atoms with van der Waals surface area (Å²) in [4.78, 5) is 0. The van der Waals surface area contributed by atoms with Gasteiger partial charge in [0.05, 0.1) is 11.0 Å². The lowest BCUT2D eigenvalue weighted by Crippen LogP contribution is -1.93. The highest BCUT2D eigenvalue weighted by Gasteiger charge is 2.14. The second-order valence-electron chi connectivity index (χ2n) is 7.89. The lowest BCUT2D eigenvalue weighted by atomic mass is 10.0. The second kappa shape index (κ2) is 6.75. The quantitative estimate of drug-likeness (QED) is 0.274. The van der Waals surface area contributed by atoms with E-state index in [0.29, 0.717) is 0 Å². The van der Waals surface area contributed by atoms with Crippen LogP contribution in [-0.2, 0) is 0 Å². The van der Waals surface area contributed by atoms with Gasteiger partial charge in [-0.25, -0.2) is 0 Å². The molecule has 6 aromatic rings. The average Bonchev–Trinajstić information content (AvgIpc) is 3.34. The van der Waals surface area contributed by atoms with E-state index in [2.05, 4.69) is 90.0 Å². The number of hydrogen-bond donors (Lipinski definition) is 0. The third kappa shape index (κ3) is 2.65. The number of benzene rings is 4. The number of aromatic nitrogens is 1. The van der Waals surface area contributed by atoms with E-state index in [1.54, 1.807) is 0 Å². The van der Waals surface area contributed by atoms with Gasteiger partial charge in [0.25, 0.3) is 0 Å². The van der Waals surface area contributed by atoms with Crippen LogP contribution in [0.15, 0.2) is 108 Å². The third-order valence-corrected chi connectivity index (χ3v) is 6.03. The first-order chi connectivity index (χ1) is 15.2. The highest BCUT2D eigenvalue weighted by Crippen LogP contribution is 2.36. The predicted molar refractivity (Wildman–Crippen MR) is 132 cm³/mol. The van der Waals surface area contributed by atoms with Gasteiger partial charge in [0.1, 0.15) is 11.2 Å². The van der Waals surface area contributed by atoms with E-state index in [1.165, 1.54) is 21.8 Å². The maximum absolute atomic E-state index is 6.14. The molecule has 0 N–H and O–H groups in total. The monoisotopic (exact) mass is 399 g/mol. The number of nitrogens with zero attached hydrogens (tertiary/aromatic N) is 1. The minimum atomic E-state index is 0.895. The Kier molecular flexibility index (Phi) is 3.87. The second-order valence-corrected chi connectivity index (χ2v) is 7.89. The van der Waals surface area contributed by atoms with Crippen molar-refractivity contribution in [2.75, 3.05) is 0 Å². The Hall–Kier alpha value is -4.04. The molecule has 2 heteroatoms. The molecular weight excluding hydrogens is 378 g/mol. The van der Waals surface area contributed by atoms with E-state index >= 15 is 0 Å². The molecule has 0 aliphatic heterocycles. The van der Waals surface area contributed by atoms with Crippen LogP contribution in [0.2, 0.25) is 0 Å². The molecule has 0 unspecified atom stereocenters. The fourth-order valence-electron chi connectivity index (χ4n) is 4.60. The van der Waals surface area contributed by atoms with Gasteiger partial charge in [0, 0.05) is 27.2 Å². The first kappa shape index (κ1) is 17.8. The minimum Gasteiger partial charge on any atom is -0.456 e. The van der Waals surface area contributed by atoms with Gasteiger partial charge in [-0.05, 0) is 60.5 Å². The summed E-state index contributed by atoms with van der Waals surface area (Å²) in [5.41, 5.74) is 7.44. The molecule has 0 radical (unpaired) electrons. The fraction of sp³-hybridized carbons (Fsp3) is 0.0345. The molecule has 4 aromatic carbocycles. The number of hydrogen-bond acceptors (Lipinski definition) is 1. The first-order valence-electron chi connectivity index (χ1n) is 10.5. The molecule has 6 rings (SSSR count). The van der Waals surface area contributed by atoms with Crippen LogP contribution < -0.4 is 0 Å². The Labute approximate surface area is 180 Å². The molecule has 0 saturated heterocycles. The van der Waals surface area contributed by atoms with Crippen molar-refractivity contribution in [2.24, 2.45) is 0 Å². The Morgan fingerprint density at radius 1 is 0.742 bits per heavy atom. The summed E-state index contributed by atoms with van der Waals surface area (Å²) in [6.07, 6.45) is 4.05. The molecule has 2 heterocycles. The number of para-hydroxylation sites is 2. The van der Waals surface area contributed by atoms with Crippen LogP contribution in [0.5, 0.6) is 0 Å². The summed E-state index contributed by atoms with van der Waals surface area (Å²) >= 11 is 0. The van der Waals surface area contributed by atoms with Gasteiger partial charge in [-0.1, -0.05) is 61.2 Å². The maximum atomic E-state index is 6.14. The van der Waals surface area contributed by atoms with Crippen molar-refractivity contribution >= 4 is 49.3 Å². The smallest absolute Gasteiger partial charge is 0.135 e. The highest BCUT2D eigenvalue weighted by atomic mass is 16.3. The van der Waals surface area contributed by atoms with Crippen LogP contribution >= 0.6 is 0 Å². The maximum Gasteiger partial charge on any atom is 0.135 e. The molecule has 0 fully saturated rings. The van der Waals surface area contributed by atoms with Crippen molar-refractivity contribution in [2.45, 2.75) is 6.92 Å². The van der Waals surface area contributed by atoms with Gasteiger partial charge in [-0.2, -0.15) is 0 Å². The minimum absolute atomic E-state index is 0.895. The molecule has 0 aliphatic carbocycles. The summed E-state index contributed by atoms with van der Waals surface area (Å²) in [5.74, 6) is 0. The van der Waals surface area contributed by atoms with E-state index in [0.717, 1.165) is 38.8 Å². The Balaban J connectivity index is 1.65. The number of furan rings is 1. The molecule has 0 bridgehead atoms. The lowest BCUT2D eigenvalue weighted by Gasteiger charge is -2.08. The molecule has 0 spiro atoms. The van der Waals surface area contributed by atoms with Crippen molar-refractivity contribution in [1.29, 1.82) is 0 Å². The van der Waals surface area contributed by atoms with Crippen LogP contribution in [0.3, 0.4) is 0 Å². The van der Waals surface area contributed by atoms with Gasteiger partial charge in [-0.3, -0.25) is 0 Å². The zero-order valence-corrected chi connectivity index (χ0v) is 17.3. The van der Waals surface area contributed by atoms with E-state index in [9.17, 15) is 0 Å². The molecule has 0 aliphatic rings. The lowest BCUT2D eigenvalue weighted by molar-refractivity contribution is 0.669. The SMILES string of the molecule is C=C(/C=C\C)c1ccc2oc3ccc(-n4c5ccccc5c5ccccc54)cc3c2c1. The van der Waals surface area contributed by atoms with Crippen molar-refractivity contribution in [3.05, 3.63) is 109 Å². The molecule has 0 saturated carbocycles. The molecule has 148 valence electrons. The van der Waals surface area contributed by atoms with E-state index in [-0.39, 0.29) is 0 Å². The van der Waals surface area contributed by atoms with Crippen molar-refractivity contribution in [1.82, 2.24) is 4.57 Å². The van der Waals surface area contributed by atoms with Gasteiger partial charge >= 0.3 is 0 Å². The van der Waals surface area contributed by atoms with Crippen LogP contribution in [-0.4, -0.2) is 4.57 Å². The summed E-state index contributed by atoms with van der Waals surface area (Å²) in [6.45, 7) is 6.20. The normalized spacial score (nSPS) is 12.0. The number of fused-ring (bicyclic) bond motifs is 6. The summed E-state index contributed by atoms with van der Waals surface area (Å²) in [6, 6.07) is 29.9. The first-order valence-corrected chi connectivity index (χ1v) is 10.5. The van der Waals surface area contributed by atoms with Crippen LogP contribution in [0, 0.1) is 0 Å². The zero-order valence-electron chi connectivity index (χ0n) is 17.3. The predicted octanol–water partition coefficient (Wildman–Crippen LogP) is 8.27. The summed E-state index contributed by atoms with van der Waals surface area (Å²) in [7, 11) is 0. The van der Waals surface area contributed by atoms with Gasteiger partial charge in [0.15, 0.2) is 0 Å². The molecule has 31 heavy (non-hydrogen) atoms. The zero-order chi connectivity index (χ0) is 20.9. The Morgan fingerprint density at radius 2 is 1.35 bits per heavy atom. The van der Waals surface area contributed by atoms with Gasteiger partial charge < -0.3 is 8.98 Å². The van der Waals surface area contributed by atoms with Crippen LogP contribution in [0.4, 0.5) is 0 Å². The van der Waals surface area contributed by atoms with Gasteiger partial charge in [-0.15, -0.1) is 0 Å². The summed E-state index contributed by atoms with van der Waals surface area (Å²) in [5, 5.41) is 4.76. The van der Waals surface area contributed by atoms with E-state index < -0.39 is 0 Å². The Morgan fingerprint density at radius 3 is 2.03 bits per heavy atom. The standard InChI is InChI=1S/C29H21NO/c1-3-8-19(2)20-13-15-28-24(17-20)25-18-21(14-16-29(25)31-28)30-26-11-6-4-9-22(26)23-10-5-7-12-27(23)30/h3-18H,2H2,1H3/b8-3-. The molecule has 0 atom stereocenters. The fourth-order valence-corrected chi connectivity index (χ4v) is 4.60. The molecule has 0 amide bonds. The molecular formula is C29H21NO. The number of rotatable bonds is 3. The molecule has 2 aromatic heterocycles. The summed E-state index contributed by atoms with van der Waals surface area (Å²) < 4.78 is 8.48. The van der Waals surface area contributed by atoms with Gasteiger partial charge in [0.2, 0.25) is 0 Å². The van der Waals surface area contributed by atoms with Crippen LogP contribution in [0.1, 0.15) is 12.5 Å². The Bertz CT molecular complexity index is 1610. The van der Waals surface area contributed by atoms with E-state index in [1.807, 2.05) is 25.1 Å². The highest BCUT2D eigenvalue weighted by molar-refractivity contribution is 6.10. The average molecular weight is 399 g/mol. The third-order valence-electron chi connectivity index (χ3n) is 6.03.